The molecule has 1 aromatic rings. The minimum absolute atomic E-state index is 0.0416. The van der Waals surface area contributed by atoms with Crippen molar-refractivity contribution in [2.45, 2.75) is 18.1 Å². The fourth-order valence-electron chi connectivity index (χ4n) is 0.989. The molecule has 0 aromatic carbocycles. The number of hydrogen-bond donors (Lipinski definition) is 0. The monoisotopic (exact) mass is 431 g/mol. The molecule has 0 aliphatic heterocycles. The lowest BCUT2D eigenvalue weighted by molar-refractivity contribution is -0.275. The summed E-state index contributed by atoms with van der Waals surface area (Å²) in [5, 5.41) is 0.0534. The van der Waals surface area contributed by atoms with Crippen molar-refractivity contribution in [1.29, 1.82) is 0 Å². The molecule has 0 unspecified atom stereocenters. The van der Waals surface area contributed by atoms with E-state index >= 15 is 0 Å². The normalized spacial score (nSPS) is 12.0. The predicted molar refractivity (Wildman–Crippen MR) is 61.2 cm³/mol. The molecule has 1 rings (SSSR count). The van der Waals surface area contributed by atoms with Crippen LogP contribution in [0.4, 0.5) is 22.0 Å². The average molecular weight is 432 g/mol. The highest BCUT2D eigenvalue weighted by atomic mass is 127. The van der Waals surface area contributed by atoms with Crippen molar-refractivity contribution in [3.05, 3.63) is 21.0 Å². The van der Waals surface area contributed by atoms with E-state index in [2.05, 4.69) is 25.7 Å². The first-order valence-corrected chi connectivity index (χ1v) is 6.23. The number of hydrogen-bond acceptors (Lipinski definition) is 2. The van der Waals surface area contributed by atoms with Gasteiger partial charge in [0.25, 0.3) is 6.43 Å². The molecular weight excluding hydrogens is 428 g/mol. The van der Waals surface area contributed by atoms with E-state index in [0.29, 0.717) is 0 Å². The van der Waals surface area contributed by atoms with Crippen LogP contribution in [0.25, 0.3) is 0 Å². The summed E-state index contributed by atoms with van der Waals surface area (Å²) < 4.78 is 64.5. The lowest BCUT2D eigenvalue weighted by Crippen LogP contribution is -2.19. The van der Waals surface area contributed by atoms with Crippen LogP contribution in [0.15, 0.2) is 6.07 Å². The molecule has 0 aliphatic rings. The van der Waals surface area contributed by atoms with Crippen LogP contribution in [0.1, 0.15) is 17.8 Å². The van der Waals surface area contributed by atoms with Crippen molar-refractivity contribution in [2.75, 3.05) is 0 Å². The maximum Gasteiger partial charge on any atom is 0.573 e. The van der Waals surface area contributed by atoms with Crippen LogP contribution in [0.3, 0.4) is 0 Å². The molecule has 1 aromatic heterocycles. The molecule has 0 radical (unpaired) electrons. The lowest BCUT2D eigenvalue weighted by atomic mass is 10.3. The zero-order valence-corrected chi connectivity index (χ0v) is 11.6. The number of ether oxygens (including phenoxy) is 1. The first-order valence-electron chi connectivity index (χ1n) is 4.03. The van der Waals surface area contributed by atoms with Crippen molar-refractivity contribution in [2.24, 2.45) is 0 Å². The van der Waals surface area contributed by atoms with Crippen molar-refractivity contribution in [1.82, 2.24) is 4.98 Å². The third-order valence-electron chi connectivity index (χ3n) is 1.57. The highest BCUT2D eigenvalue weighted by Gasteiger charge is 2.33. The van der Waals surface area contributed by atoms with Crippen LogP contribution < -0.4 is 4.74 Å². The Labute approximate surface area is 115 Å². The van der Waals surface area contributed by atoms with E-state index in [4.69, 9.17) is 0 Å². The maximum atomic E-state index is 12.5. The van der Waals surface area contributed by atoms with Gasteiger partial charge in [-0.1, -0.05) is 15.9 Å². The van der Waals surface area contributed by atoms with E-state index in [1.165, 1.54) is 22.6 Å². The van der Waals surface area contributed by atoms with Crippen LogP contribution in [-0.4, -0.2) is 11.3 Å². The second kappa shape index (κ2) is 5.63. The van der Waals surface area contributed by atoms with Crippen LogP contribution in [0.2, 0.25) is 0 Å². The molecule has 2 nitrogen and oxygen atoms in total. The van der Waals surface area contributed by atoms with Gasteiger partial charge < -0.3 is 4.74 Å². The smallest absolute Gasteiger partial charge is 0.405 e. The Morgan fingerprint density at radius 1 is 1.41 bits per heavy atom. The van der Waals surface area contributed by atoms with Gasteiger partial charge in [0, 0.05) is 11.4 Å². The molecule has 0 atom stereocenters. The minimum Gasteiger partial charge on any atom is -0.405 e. The summed E-state index contributed by atoms with van der Waals surface area (Å²) in [4.78, 5) is 3.53. The Bertz CT molecular complexity index is 412. The molecular formula is C8H4BrF5INO. The van der Waals surface area contributed by atoms with Crippen molar-refractivity contribution in [3.8, 4) is 5.75 Å². The number of nitrogens with zero attached hydrogens (tertiary/aromatic N) is 1. The van der Waals surface area contributed by atoms with Crippen LogP contribution in [0.5, 0.6) is 5.75 Å². The predicted octanol–water partition coefficient (Wildman–Crippen LogP) is 4.42. The fraction of sp³-hybridized carbons (Fsp3) is 0.375. The number of rotatable bonds is 3. The summed E-state index contributed by atoms with van der Waals surface area (Å²) in [6.45, 7) is 0. The number of alkyl halides is 6. The van der Waals surface area contributed by atoms with Gasteiger partial charge in [0.05, 0.1) is 9.26 Å². The Kier molecular flexibility index (Phi) is 4.93. The lowest BCUT2D eigenvalue weighted by Gasteiger charge is -2.13. The van der Waals surface area contributed by atoms with E-state index in [-0.39, 0.29) is 14.6 Å². The zero-order valence-electron chi connectivity index (χ0n) is 7.86. The average Bonchev–Trinajstić information content (AvgIpc) is 2.18. The third kappa shape index (κ3) is 4.19. The van der Waals surface area contributed by atoms with E-state index in [1.807, 2.05) is 0 Å². The summed E-state index contributed by atoms with van der Waals surface area (Å²) in [6.07, 6.45) is -7.89. The van der Waals surface area contributed by atoms with Gasteiger partial charge in [0.15, 0.2) is 0 Å². The molecule has 0 fully saturated rings. The van der Waals surface area contributed by atoms with Gasteiger partial charge in [-0.2, -0.15) is 0 Å². The molecule has 96 valence electrons. The Morgan fingerprint density at radius 3 is 2.41 bits per heavy atom. The Hall–Kier alpha value is -0.190. The van der Waals surface area contributed by atoms with Crippen molar-refractivity contribution >= 4 is 38.5 Å². The Balaban J connectivity index is 3.24. The summed E-state index contributed by atoms with van der Waals surface area (Å²) in [5.41, 5.74) is -0.679. The van der Waals surface area contributed by atoms with E-state index < -0.39 is 24.2 Å². The molecule has 0 amide bonds. The molecule has 9 heteroatoms. The van der Waals surface area contributed by atoms with Gasteiger partial charge in [-0.3, -0.25) is 0 Å². The van der Waals surface area contributed by atoms with Gasteiger partial charge in [-0.25, -0.2) is 13.8 Å². The Morgan fingerprint density at radius 2 is 2.00 bits per heavy atom. The first-order chi connectivity index (χ1) is 7.74. The molecule has 1 heterocycles. The van der Waals surface area contributed by atoms with Gasteiger partial charge in [0.2, 0.25) is 0 Å². The first kappa shape index (κ1) is 14.9. The molecule has 0 saturated heterocycles. The summed E-state index contributed by atoms with van der Waals surface area (Å²) >= 11 is 4.28. The molecule has 0 saturated carbocycles. The zero-order chi connectivity index (χ0) is 13.2. The minimum atomic E-state index is -4.93. The van der Waals surface area contributed by atoms with Crippen LogP contribution in [0, 0.1) is 3.57 Å². The van der Waals surface area contributed by atoms with E-state index in [0.717, 1.165) is 6.07 Å². The largest absolute Gasteiger partial charge is 0.573 e. The quantitative estimate of drug-likeness (QED) is 0.401. The van der Waals surface area contributed by atoms with Gasteiger partial charge in [-0.05, 0) is 22.6 Å². The SMILES string of the molecule is FC(F)c1nc(CBr)cc(OC(F)(F)F)c1I. The summed E-state index contributed by atoms with van der Waals surface area (Å²) in [5.74, 6) is -0.669. The van der Waals surface area contributed by atoms with E-state index in [1.54, 1.807) is 0 Å². The topological polar surface area (TPSA) is 22.1 Å². The molecule has 0 spiro atoms. The highest BCUT2D eigenvalue weighted by Crippen LogP contribution is 2.34. The molecule has 0 aliphatic carbocycles. The van der Waals surface area contributed by atoms with Crippen molar-refractivity contribution in [3.63, 3.8) is 0 Å². The van der Waals surface area contributed by atoms with Gasteiger partial charge in [-0.15, -0.1) is 13.2 Å². The molecule has 17 heavy (non-hydrogen) atoms. The third-order valence-corrected chi connectivity index (χ3v) is 3.23. The maximum absolute atomic E-state index is 12.5. The summed E-state index contributed by atoms with van der Waals surface area (Å²) in [7, 11) is 0. The van der Waals surface area contributed by atoms with Gasteiger partial charge in [0.1, 0.15) is 11.4 Å². The second-order valence-electron chi connectivity index (χ2n) is 2.79. The van der Waals surface area contributed by atoms with E-state index in [9.17, 15) is 22.0 Å². The molecule has 0 bridgehead atoms. The second-order valence-corrected chi connectivity index (χ2v) is 4.43. The highest BCUT2D eigenvalue weighted by molar-refractivity contribution is 14.1. The number of aromatic nitrogens is 1. The van der Waals surface area contributed by atoms with Crippen LogP contribution in [-0.2, 0) is 5.33 Å². The standard InChI is InChI=1S/C8H4BrF5INO/c9-2-3-1-4(17-8(12,13)14)5(15)6(16-3)7(10)11/h1,7H,2H2. The molecule has 0 N–H and O–H groups in total. The van der Waals surface area contributed by atoms with Crippen molar-refractivity contribution < 1.29 is 26.7 Å². The summed E-state index contributed by atoms with van der Waals surface area (Å²) in [6, 6.07) is 0.968. The van der Waals surface area contributed by atoms with Crippen LogP contribution >= 0.6 is 38.5 Å². The number of halogens is 7. The number of pyridine rings is 1. The fourth-order valence-corrected chi connectivity index (χ4v) is 1.90. The van der Waals surface area contributed by atoms with Gasteiger partial charge >= 0.3 is 6.36 Å².